The van der Waals surface area contributed by atoms with Gasteiger partial charge in [-0.25, -0.2) is 0 Å². The zero-order valence-corrected chi connectivity index (χ0v) is 17.6. The van der Waals surface area contributed by atoms with Gasteiger partial charge in [0, 0.05) is 24.2 Å². The number of hydrogen-bond donors (Lipinski definition) is 4. The molecule has 0 radical (unpaired) electrons. The van der Waals surface area contributed by atoms with Crippen molar-refractivity contribution < 1.29 is 19.5 Å². The molecule has 0 fully saturated rings. The summed E-state index contributed by atoms with van der Waals surface area (Å²) in [5, 5.41) is 17.4. The largest absolute Gasteiger partial charge is 0.508 e. The summed E-state index contributed by atoms with van der Waals surface area (Å²) in [6.45, 7) is 6.94. The molecule has 0 saturated heterocycles. The molecule has 0 aliphatic rings. The highest BCUT2D eigenvalue weighted by molar-refractivity contribution is 5.96. The maximum atomic E-state index is 12.2. The molecule has 30 heavy (non-hydrogen) atoms. The van der Waals surface area contributed by atoms with Gasteiger partial charge in [0.25, 0.3) is 11.8 Å². The normalized spacial score (nSPS) is 10.9. The molecule has 7 heteroatoms. The van der Waals surface area contributed by atoms with Crippen LogP contribution in [0.25, 0.3) is 0 Å². The Morgan fingerprint density at radius 1 is 0.833 bits per heavy atom. The first-order valence-corrected chi connectivity index (χ1v) is 9.89. The second-order valence-electron chi connectivity index (χ2n) is 8.02. The number of phenols is 1. The Kier molecular flexibility index (Phi) is 7.98. The van der Waals surface area contributed by atoms with Gasteiger partial charge < -0.3 is 21.1 Å². The Morgan fingerprint density at radius 3 is 2.10 bits per heavy atom. The van der Waals surface area contributed by atoms with Gasteiger partial charge in [0.05, 0.1) is 6.54 Å². The van der Waals surface area contributed by atoms with E-state index in [1.165, 1.54) is 12.1 Å². The molecule has 2 aromatic carbocycles. The highest BCUT2D eigenvalue weighted by atomic mass is 16.3. The molecule has 0 aromatic heterocycles. The van der Waals surface area contributed by atoms with E-state index in [-0.39, 0.29) is 35.4 Å². The van der Waals surface area contributed by atoms with Crippen LogP contribution in [0.2, 0.25) is 0 Å². The molecule has 3 amide bonds. The Labute approximate surface area is 176 Å². The molecular weight excluding hydrogens is 382 g/mol. The maximum absolute atomic E-state index is 12.2. The third kappa shape index (κ3) is 7.24. The zero-order valence-electron chi connectivity index (χ0n) is 17.6. The van der Waals surface area contributed by atoms with Gasteiger partial charge >= 0.3 is 0 Å². The van der Waals surface area contributed by atoms with Crippen LogP contribution in [0.15, 0.2) is 48.5 Å². The molecule has 0 unspecified atom stereocenters. The minimum atomic E-state index is -0.302. The number of carbonyl (C=O) groups excluding carboxylic acids is 3. The number of carbonyl (C=O) groups is 3. The van der Waals surface area contributed by atoms with Crippen LogP contribution in [0.5, 0.6) is 5.75 Å². The van der Waals surface area contributed by atoms with E-state index >= 15 is 0 Å². The van der Waals surface area contributed by atoms with E-state index < -0.39 is 0 Å². The topological polar surface area (TPSA) is 108 Å². The summed E-state index contributed by atoms with van der Waals surface area (Å²) >= 11 is 0. The molecule has 0 saturated carbocycles. The van der Waals surface area contributed by atoms with Crippen molar-refractivity contribution in [1.82, 2.24) is 16.0 Å². The molecule has 0 bridgehead atoms. The van der Waals surface area contributed by atoms with Gasteiger partial charge in [-0.1, -0.05) is 39.0 Å². The minimum absolute atomic E-state index is 0.0111. The van der Waals surface area contributed by atoms with Crippen molar-refractivity contribution in [1.29, 1.82) is 0 Å². The summed E-state index contributed by atoms with van der Waals surface area (Å²) in [5.74, 6) is -0.859. The first kappa shape index (κ1) is 22.9. The number of amides is 3. The van der Waals surface area contributed by atoms with Crippen LogP contribution in [0.3, 0.4) is 0 Å². The van der Waals surface area contributed by atoms with E-state index in [1.807, 2.05) is 12.1 Å². The van der Waals surface area contributed by atoms with Gasteiger partial charge in [0.2, 0.25) is 5.91 Å². The molecule has 0 spiro atoms. The Balaban J connectivity index is 1.64. The third-order valence-electron chi connectivity index (χ3n) is 4.49. The predicted molar refractivity (Wildman–Crippen MR) is 116 cm³/mol. The monoisotopic (exact) mass is 411 g/mol. The molecular formula is C23H29N3O4. The smallest absolute Gasteiger partial charge is 0.251 e. The first-order chi connectivity index (χ1) is 14.2. The molecule has 0 aliphatic heterocycles. The summed E-state index contributed by atoms with van der Waals surface area (Å²) in [6.07, 6.45) is 0.540. The molecule has 0 heterocycles. The fraction of sp³-hybridized carbons (Fsp3) is 0.348. The fourth-order valence-corrected chi connectivity index (χ4v) is 2.71. The number of nitrogens with one attached hydrogen (secondary N) is 3. The zero-order chi connectivity index (χ0) is 22.1. The Morgan fingerprint density at radius 2 is 1.47 bits per heavy atom. The van der Waals surface area contributed by atoms with Crippen molar-refractivity contribution in [2.75, 3.05) is 19.6 Å². The lowest BCUT2D eigenvalue weighted by Gasteiger charge is -2.19. The number of aromatic hydroxyl groups is 1. The lowest BCUT2D eigenvalue weighted by atomic mass is 9.87. The number of benzene rings is 2. The van der Waals surface area contributed by atoms with Crippen molar-refractivity contribution in [3.05, 3.63) is 65.2 Å². The molecule has 2 rings (SSSR count). The van der Waals surface area contributed by atoms with E-state index in [4.69, 9.17) is 0 Å². The van der Waals surface area contributed by atoms with Gasteiger partial charge in [0.15, 0.2) is 0 Å². The van der Waals surface area contributed by atoms with Crippen molar-refractivity contribution >= 4 is 17.7 Å². The number of rotatable bonds is 8. The second kappa shape index (κ2) is 10.4. The van der Waals surface area contributed by atoms with E-state index in [0.717, 1.165) is 5.56 Å². The third-order valence-corrected chi connectivity index (χ3v) is 4.49. The number of hydrogen-bond acceptors (Lipinski definition) is 4. The molecule has 7 nitrogen and oxygen atoms in total. The van der Waals surface area contributed by atoms with E-state index in [1.54, 1.807) is 24.3 Å². The van der Waals surface area contributed by atoms with Crippen molar-refractivity contribution in [2.45, 2.75) is 32.6 Å². The molecule has 160 valence electrons. The van der Waals surface area contributed by atoms with Gasteiger partial charge in [0.1, 0.15) is 5.75 Å². The van der Waals surface area contributed by atoms with Gasteiger partial charge in [-0.2, -0.15) is 0 Å². The van der Waals surface area contributed by atoms with Crippen LogP contribution in [-0.2, 0) is 10.2 Å². The maximum Gasteiger partial charge on any atom is 0.251 e. The SMILES string of the molecule is CC(C)(C)c1ccc(C(=O)NCC(=O)NCCCNC(=O)c2cccc(O)c2)cc1. The average molecular weight is 412 g/mol. The summed E-state index contributed by atoms with van der Waals surface area (Å²) < 4.78 is 0. The second-order valence-corrected chi connectivity index (χ2v) is 8.02. The molecule has 4 N–H and O–H groups in total. The molecule has 2 aromatic rings. The first-order valence-electron chi connectivity index (χ1n) is 9.89. The highest BCUT2D eigenvalue weighted by Gasteiger charge is 2.14. The van der Waals surface area contributed by atoms with Crippen LogP contribution in [0.1, 0.15) is 53.5 Å². The Hall–Kier alpha value is -3.35. The number of phenolic OH excluding ortho intramolecular Hbond substituents is 1. The van der Waals surface area contributed by atoms with Crippen molar-refractivity contribution in [3.8, 4) is 5.75 Å². The summed E-state index contributed by atoms with van der Waals surface area (Å²) in [4.78, 5) is 36.0. The van der Waals surface area contributed by atoms with Gasteiger partial charge in [-0.3, -0.25) is 14.4 Å². The van der Waals surface area contributed by atoms with Crippen molar-refractivity contribution in [3.63, 3.8) is 0 Å². The minimum Gasteiger partial charge on any atom is -0.508 e. The predicted octanol–water partition coefficient (Wildman–Crippen LogP) is 2.36. The van der Waals surface area contributed by atoms with E-state index in [9.17, 15) is 19.5 Å². The van der Waals surface area contributed by atoms with Crippen LogP contribution >= 0.6 is 0 Å². The van der Waals surface area contributed by atoms with Crippen LogP contribution in [-0.4, -0.2) is 42.5 Å². The van der Waals surface area contributed by atoms with E-state index in [2.05, 4.69) is 36.7 Å². The highest BCUT2D eigenvalue weighted by Crippen LogP contribution is 2.22. The van der Waals surface area contributed by atoms with E-state index in [0.29, 0.717) is 30.6 Å². The van der Waals surface area contributed by atoms with Crippen LogP contribution < -0.4 is 16.0 Å². The lowest BCUT2D eigenvalue weighted by Crippen LogP contribution is -2.38. The fourth-order valence-electron chi connectivity index (χ4n) is 2.71. The van der Waals surface area contributed by atoms with Gasteiger partial charge in [-0.15, -0.1) is 0 Å². The summed E-state index contributed by atoms with van der Waals surface area (Å²) in [6, 6.07) is 13.4. The average Bonchev–Trinajstić information content (AvgIpc) is 2.71. The lowest BCUT2D eigenvalue weighted by molar-refractivity contribution is -0.120. The molecule has 0 aliphatic carbocycles. The Bertz CT molecular complexity index is 886. The summed E-state index contributed by atoms with van der Waals surface area (Å²) in [7, 11) is 0. The standard InChI is InChI=1S/C23H29N3O4/c1-23(2,3)18-10-8-16(9-11-18)21(29)26-15-20(28)24-12-5-13-25-22(30)17-6-4-7-19(27)14-17/h4,6-11,14,27H,5,12-13,15H2,1-3H3,(H,24,28)(H,25,30)(H,26,29). The van der Waals surface area contributed by atoms with Crippen molar-refractivity contribution in [2.24, 2.45) is 0 Å². The van der Waals surface area contributed by atoms with Crippen LogP contribution in [0, 0.1) is 0 Å². The van der Waals surface area contributed by atoms with Crippen LogP contribution in [0.4, 0.5) is 0 Å². The summed E-state index contributed by atoms with van der Waals surface area (Å²) in [5.41, 5.74) is 2.02. The van der Waals surface area contributed by atoms with Gasteiger partial charge in [-0.05, 0) is 47.7 Å². The molecule has 0 atom stereocenters. The quantitative estimate of drug-likeness (QED) is 0.500.